The van der Waals surface area contributed by atoms with Gasteiger partial charge in [0.25, 0.3) is 0 Å². The van der Waals surface area contributed by atoms with Crippen molar-refractivity contribution in [3.63, 3.8) is 0 Å². The van der Waals surface area contributed by atoms with Crippen LogP contribution in [0, 0.1) is 0 Å². The molecule has 0 saturated heterocycles. The summed E-state index contributed by atoms with van der Waals surface area (Å²) in [6, 6.07) is 0.372. The van der Waals surface area contributed by atoms with Crippen LogP contribution in [0.15, 0.2) is 0 Å². The zero-order valence-corrected chi connectivity index (χ0v) is 9.97. The van der Waals surface area contributed by atoms with Crippen molar-refractivity contribution in [1.82, 2.24) is 5.32 Å². The second-order valence-electron chi connectivity index (χ2n) is 4.96. The summed E-state index contributed by atoms with van der Waals surface area (Å²) in [5.74, 6) is 0. The van der Waals surface area contributed by atoms with Crippen LogP contribution in [-0.2, 0) is 0 Å². The van der Waals surface area contributed by atoms with Gasteiger partial charge in [-0.3, -0.25) is 0 Å². The number of aliphatic hydroxyl groups is 1. The highest BCUT2D eigenvalue weighted by Gasteiger charge is 2.30. The molecule has 3 heteroatoms. The van der Waals surface area contributed by atoms with Crippen molar-refractivity contribution in [3.05, 3.63) is 0 Å². The fraction of sp³-hybridized carbons (Fsp3) is 1.00. The number of nitrogens with one attached hydrogen (secondary N) is 1. The van der Waals surface area contributed by atoms with Crippen molar-refractivity contribution < 1.29 is 5.11 Å². The van der Waals surface area contributed by atoms with E-state index >= 15 is 0 Å². The summed E-state index contributed by atoms with van der Waals surface area (Å²) in [6.07, 6.45) is 8.47. The lowest BCUT2D eigenvalue weighted by Crippen LogP contribution is -2.54. The van der Waals surface area contributed by atoms with Crippen molar-refractivity contribution in [1.29, 1.82) is 0 Å². The van der Waals surface area contributed by atoms with Gasteiger partial charge >= 0.3 is 0 Å². The van der Waals surface area contributed by atoms with Crippen molar-refractivity contribution in [2.75, 3.05) is 13.2 Å². The Morgan fingerprint density at radius 2 is 1.87 bits per heavy atom. The first-order chi connectivity index (χ1) is 7.22. The topological polar surface area (TPSA) is 58.3 Å². The quantitative estimate of drug-likeness (QED) is 0.606. The third-order valence-electron chi connectivity index (χ3n) is 3.57. The minimum Gasteiger partial charge on any atom is -0.396 e. The van der Waals surface area contributed by atoms with Crippen LogP contribution in [0.1, 0.15) is 51.9 Å². The summed E-state index contributed by atoms with van der Waals surface area (Å²) in [5, 5.41) is 12.5. The summed E-state index contributed by atoms with van der Waals surface area (Å²) in [5.41, 5.74) is 6.07. The van der Waals surface area contributed by atoms with E-state index in [1.165, 1.54) is 38.5 Å². The lowest BCUT2D eigenvalue weighted by molar-refractivity contribution is 0.222. The standard InChI is InChI=1S/C12H26N2O/c1-11(6-9-15)14-12(10-13)7-4-2-3-5-8-12/h11,14-15H,2-10,13H2,1H3. The summed E-state index contributed by atoms with van der Waals surface area (Å²) < 4.78 is 0. The molecule has 0 spiro atoms. The number of hydrogen-bond donors (Lipinski definition) is 3. The Morgan fingerprint density at radius 3 is 2.33 bits per heavy atom. The average molecular weight is 214 g/mol. The SMILES string of the molecule is CC(CCO)NC1(CN)CCCCCC1. The van der Waals surface area contributed by atoms with E-state index in [2.05, 4.69) is 12.2 Å². The molecule has 0 aromatic rings. The Morgan fingerprint density at radius 1 is 1.27 bits per heavy atom. The Bertz CT molecular complexity index is 165. The van der Waals surface area contributed by atoms with Gasteiger partial charge in [-0.05, 0) is 26.2 Å². The van der Waals surface area contributed by atoms with Gasteiger partial charge in [0.05, 0.1) is 0 Å². The first kappa shape index (κ1) is 12.9. The minimum absolute atomic E-state index is 0.144. The largest absolute Gasteiger partial charge is 0.396 e. The van der Waals surface area contributed by atoms with E-state index in [1.807, 2.05) is 0 Å². The highest BCUT2D eigenvalue weighted by molar-refractivity contribution is 4.92. The Hall–Kier alpha value is -0.120. The summed E-state index contributed by atoms with van der Waals surface area (Å²) in [6.45, 7) is 3.12. The second kappa shape index (κ2) is 6.46. The van der Waals surface area contributed by atoms with E-state index in [1.54, 1.807) is 0 Å². The number of nitrogens with two attached hydrogens (primary N) is 1. The van der Waals surface area contributed by atoms with E-state index < -0.39 is 0 Å². The van der Waals surface area contributed by atoms with Crippen LogP contribution in [-0.4, -0.2) is 29.8 Å². The van der Waals surface area contributed by atoms with Gasteiger partial charge < -0.3 is 16.2 Å². The molecule has 0 bridgehead atoms. The van der Waals surface area contributed by atoms with Gasteiger partial charge in [-0.1, -0.05) is 25.7 Å². The van der Waals surface area contributed by atoms with Gasteiger partial charge in [-0.15, -0.1) is 0 Å². The number of hydrogen-bond acceptors (Lipinski definition) is 3. The smallest absolute Gasteiger partial charge is 0.0445 e. The molecule has 1 saturated carbocycles. The van der Waals surface area contributed by atoms with Crippen molar-refractivity contribution in [3.8, 4) is 0 Å². The maximum absolute atomic E-state index is 8.91. The fourth-order valence-electron chi connectivity index (χ4n) is 2.60. The Labute approximate surface area is 93.4 Å². The molecule has 0 aromatic heterocycles. The van der Waals surface area contributed by atoms with Gasteiger partial charge in [0.1, 0.15) is 0 Å². The molecule has 0 radical (unpaired) electrons. The van der Waals surface area contributed by atoms with Crippen LogP contribution < -0.4 is 11.1 Å². The molecule has 1 unspecified atom stereocenters. The lowest BCUT2D eigenvalue weighted by Gasteiger charge is -2.35. The normalized spacial score (nSPS) is 23.4. The van der Waals surface area contributed by atoms with Crippen LogP contribution in [0.4, 0.5) is 0 Å². The highest BCUT2D eigenvalue weighted by Crippen LogP contribution is 2.26. The first-order valence-electron chi connectivity index (χ1n) is 6.31. The fourth-order valence-corrected chi connectivity index (χ4v) is 2.60. The molecule has 90 valence electrons. The van der Waals surface area contributed by atoms with Crippen molar-refractivity contribution in [2.24, 2.45) is 5.73 Å². The van der Waals surface area contributed by atoms with Crippen LogP contribution in [0.5, 0.6) is 0 Å². The summed E-state index contributed by atoms with van der Waals surface area (Å²) in [4.78, 5) is 0. The van der Waals surface area contributed by atoms with Crippen molar-refractivity contribution in [2.45, 2.75) is 63.5 Å². The molecule has 0 aromatic carbocycles. The molecular weight excluding hydrogens is 188 g/mol. The second-order valence-corrected chi connectivity index (χ2v) is 4.96. The summed E-state index contributed by atoms with van der Waals surface area (Å²) in [7, 11) is 0. The maximum atomic E-state index is 8.91. The van der Waals surface area contributed by atoms with Gasteiger partial charge in [0.15, 0.2) is 0 Å². The molecule has 1 atom stereocenters. The van der Waals surface area contributed by atoms with Gasteiger partial charge in [-0.25, -0.2) is 0 Å². The monoisotopic (exact) mass is 214 g/mol. The molecule has 3 nitrogen and oxygen atoms in total. The first-order valence-corrected chi connectivity index (χ1v) is 6.31. The molecular formula is C12H26N2O. The van der Waals surface area contributed by atoms with E-state index in [9.17, 15) is 0 Å². The van der Waals surface area contributed by atoms with Gasteiger partial charge in [-0.2, -0.15) is 0 Å². The maximum Gasteiger partial charge on any atom is 0.0445 e. The molecule has 1 fully saturated rings. The highest BCUT2D eigenvalue weighted by atomic mass is 16.3. The molecule has 1 aliphatic rings. The minimum atomic E-state index is 0.144. The average Bonchev–Trinajstić information content (AvgIpc) is 2.44. The lowest BCUT2D eigenvalue weighted by atomic mass is 9.89. The predicted molar refractivity (Wildman–Crippen MR) is 63.8 cm³/mol. The summed E-state index contributed by atoms with van der Waals surface area (Å²) >= 11 is 0. The zero-order chi connectivity index (χ0) is 11.1. The Kier molecular flexibility index (Phi) is 5.58. The Balaban J connectivity index is 2.49. The third-order valence-corrected chi connectivity index (χ3v) is 3.57. The van der Waals surface area contributed by atoms with E-state index in [0.29, 0.717) is 6.04 Å². The van der Waals surface area contributed by atoms with Crippen LogP contribution >= 0.6 is 0 Å². The third kappa shape index (κ3) is 4.09. The van der Waals surface area contributed by atoms with Gasteiger partial charge in [0.2, 0.25) is 0 Å². The number of aliphatic hydroxyl groups excluding tert-OH is 1. The molecule has 1 aliphatic carbocycles. The van der Waals surface area contributed by atoms with E-state index in [-0.39, 0.29) is 12.1 Å². The molecule has 15 heavy (non-hydrogen) atoms. The molecule has 1 rings (SSSR count). The molecule has 0 heterocycles. The zero-order valence-electron chi connectivity index (χ0n) is 9.97. The molecule has 0 aliphatic heterocycles. The molecule has 0 amide bonds. The van der Waals surface area contributed by atoms with E-state index in [4.69, 9.17) is 10.8 Å². The van der Waals surface area contributed by atoms with Crippen LogP contribution in [0.3, 0.4) is 0 Å². The predicted octanol–water partition coefficient (Wildman–Crippen LogP) is 1.40. The molecule has 4 N–H and O–H groups in total. The number of rotatable bonds is 5. The van der Waals surface area contributed by atoms with Crippen LogP contribution in [0.2, 0.25) is 0 Å². The van der Waals surface area contributed by atoms with Crippen LogP contribution in [0.25, 0.3) is 0 Å². The van der Waals surface area contributed by atoms with E-state index in [0.717, 1.165) is 13.0 Å². The van der Waals surface area contributed by atoms with Gasteiger partial charge in [0, 0.05) is 24.7 Å². The van der Waals surface area contributed by atoms with Crippen molar-refractivity contribution >= 4 is 0 Å².